The number of rotatable bonds is 6. The van der Waals surface area contributed by atoms with E-state index in [4.69, 9.17) is 16.3 Å². The van der Waals surface area contributed by atoms with E-state index in [9.17, 15) is 13.2 Å². The van der Waals surface area contributed by atoms with E-state index in [0.29, 0.717) is 57.3 Å². The minimum atomic E-state index is -3.49. The summed E-state index contributed by atoms with van der Waals surface area (Å²) in [7, 11) is -3.49. The van der Waals surface area contributed by atoms with E-state index < -0.39 is 10.0 Å². The molecule has 32 heavy (non-hydrogen) atoms. The number of hydrogen-bond donors (Lipinski definition) is 0. The number of carbonyl (C=O) groups is 1. The first-order valence-corrected chi connectivity index (χ1v) is 12.7. The molecule has 2 heterocycles. The topological polar surface area (TPSA) is 70.2 Å². The van der Waals surface area contributed by atoms with Crippen LogP contribution in [0.4, 0.5) is 5.69 Å². The number of piperazine rings is 1. The van der Waals surface area contributed by atoms with Crippen LogP contribution in [0.3, 0.4) is 0 Å². The van der Waals surface area contributed by atoms with Crippen LogP contribution >= 0.6 is 11.6 Å². The van der Waals surface area contributed by atoms with Crippen molar-refractivity contribution in [2.45, 2.75) is 17.7 Å². The molecule has 2 aliphatic rings. The molecule has 0 bridgehead atoms. The van der Waals surface area contributed by atoms with Gasteiger partial charge in [0.05, 0.1) is 18.1 Å². The number of aryl methyl sites for hydroxylation is 1. The fourth-order valence-electron chi connectivity index (χ4n) is 4.04. The van der Waals surface area contributed by atoms with Gasteiger partial charge in [-0.3, -0.25) is 4.79 Å². The van der Waals surface area contributed by atoms with E-state index in [1.807, 2.05) is 29.2 Å². The Morgan fingerprint density at radius 3 is 2.12 bits per heavy atom. The largest absolute Gasteiger partial charge is 0.379 e. The van der Waals surface area contributed by atoms with Crippen molar-refractivity contribution in [3.05, 3.63) is 59.1 Å². The lowest BCUT2D eigenvalue weighted by Crippen LogP contribution is -2.48. The van der Waals surface area contributed by atoms with Crippen molar-refractivity contribution < 1.29 is 17.9 Å². The van der Waals surface area contributed by atoms with Crippen molar-refractivity contribution in [2.24, 2.45) is 0 Å². The molecule has 0 radical (unpaired) electrons. The van der Waals surface area contributed by atoms with Crippen LogP contribution in [0.2, 0.25) is 5.02 Å². The second-order valence-electron chi connectivity index (χ2n) is 8.00. The summed E-state index contributed by atoms with van der Waals surface area (Å²) in [4.78, 5) is 17.1. The van der Waals surface area contributed by atoms with E-state index in [2.05, 4.69) is 4.90 Å². The lowest BCUT2D eigenvalue weighted by molar-refractivity contribution is -0.131. The van der Waals surface area contributed by atoms with Crippen molar-refractivity contribution in [3.8, 4) is 0 Å². The fraction of sp³-hybridized carbons (Fsp3) is 0.435. The summed E-state index contributed by atoms with van der Waals surface area (Å²) in [5.41, 5.74) is 2.08. The monoisotopic (exact) mass is 477 g/mol. The van der Waals surface area contributed by atoms with E-state index in [0.717, 1.165) is 24.3 Å². The van der Waals surface area contributed by atoms with Crippen LogP contribution in [0, 0.1) is 0 Å². The van der Waals surface area contributed by atoms with Crippen molar-refractivity contribution in [2.75, 3.05) is 57.4 Å². The third-order valence-corrected chi connectivity index (χ3v) is 8.15. The van der Waals surface area contributed by atoms with Gasteiger partial charge in [-0.2, -0.15) is 4.31 Å². The van der Waals surface area contributed by atoms with Crippen LogP contribution in [0.5, 0.6) is 0 Å². The molecule has 9 heteroatoms. The minimum Gasteiger partial charge on any atom is -0.379 e. The quantitative estimate of drug-likeness (QED) is 0.639. The van der Waals surface area contributed by atoms with Crippen LogP contribution in [0.1, 0.15) is 12.0 Å². The van der Waals surface area contributed by atoms with Crippen LogP contribution in [0.25, 0.3) is 0 Å². The van der Waals surface area contributed by atoms with Gasteiger partial charge in [0, 0.05) is 56.4 Å². The number of halogens is 1. The lowest BCUT2D eigenvalue weighted by atomic mass is 10.1. The number of carbonyl (C=O) groups excluding carboxylic acids is 1. The molecule has 4 rings (SSSR count). The number of nitrogens with zero attached hydrogens (tertiary/aromatic N) is 3. The van der Waals surface area contributed by atoms with Gasteiger partial charge in [-0.25, -0.2) is 8.42 Å². The number of hydrogen-bond acceptors (Lipinski definition) is 5. The van der Waals surface area contributed by atoms with Gasteiger partial charge in [0.1, 0.15) is 0 Å². The van der Waals surface area contributed by atoms with Gasteiger partial charge in [0.25, 0.3) is 0 Å². The molecule has 0 spiro atoms. The minimum absolute atomic E-state index is 0.130. The summed E-state index contributed by atoms with van der Waals surface area (Å²) in [5.74, 6) is 0.130. The highest BCUT2D eigenvalue weighted by molar-refractivity contribution is 7.89. The van der Waals surface area contributed by atoms with Crippen LogP contribution in [0.15, 0.2) is 53.4 Å². The number of amides is 1. The maximum Gasteiger partial charge on any atom is 0.243 e. The van der Waals surface area contributed by atoms with Crippen LogP contribution in [-0.2, 0) is 26.0 Å². The van der Waals surface area contributed by atoms with E-state index >= 15 is 0 Å². The summed E-state index contributed by atoms with van der Waals surface area (Å²) < 4.78 is 32.1. The highest BCUT2D eigenvalue weighted by Crippen LogP contribution is 2.21. The third-order valence-electron chi connectivity index (χ3n) is 5.98. The maximum absolute atomic E-state index is 12.7. The molecular weight excluding hydrogens is 450 g/mol. The first kappa shape index (κ1) is 23.0. The van der Waals surface area contributed by atoms with Gasteiger partial charge < -0.3 is 14.5 Å². The summed E-state index contributed by atoms with van der Waals surface area (Å²) in [6.45, 7) is 4.58. The van der Waals surface area contributed by atoms with Gasteiger partial charge in [-0.1, -0.05) is 23.7 Å². The molecule has 0 saturated carbocycles. The SMILES string of the molecule is O=C(CCc1ccc(S(=O)(=O)N2CCOCC2)cc1)N1CCN(c2ccc(Cl)cc2)CC1. The first-order chi connectivity index (χ1) is 15.4. The average molecular weight is 478 g/mol. The van der Waals surface area contributed by atoms with E-state index in [-0.39, 0.29) is 10.8 Å². The molecule has 7 nitrogen and oxygen atoms in total. The van der Waals surface area contributed by atoms with Gasteiger partial charge in [-0.05, 0) is 48.4 Å². The Kier molecular flexibility index (Phi) is 7.35. The van der Waals surface area contributed by atoms with Crippen molar-refractivity contribution >= 4 is 33.2 Å². The molecule has 2 saturated heterocycles. The molecule has 0 aromatic heterocycles. The van der Waals surface area contributed by atoms with Crippen LogP contribution < -0.4 is 4.90 Å². The average Bonchev–Trinajstić information content (AvgIpc) is 2.84. The Labute approximate surface area is 194 Å². The summed E-state index contributed by atoms with van der Waals surface area (Å²) in [5, 5.41) is 0.717. The fourth-order valence-corrected chi connectivity index (χ4v) is 5.57. The summed E-state index contributed by atoms with van der Waals surface area (Å²) in [6.07, 6.45) is 1.00. The Morgan fingerprint density at radius 2 is 1.50 bits per heavy atom. The lowest BCUT2D eigenvalue weighted by Gasteiger charge is -2.36. The smallest absolute Gasteiger partial charge is 0.243 e. The van der Waals surface area contributed by atoms with Gasteiger partial charge in [0.15, 0.2) is 0 Å². The molecule has 2 aromatic rings. The molecule has 0 atom stereocenters. The number of morpholine rings is 1. The zero-order chi connectivity index (χ0) is 22.6. The normalized spacial score (nSPS) is 18.0. The maximum atomic E-state index is 12.7. The predicted octanol–water partition coefficient (Wildman–Crippen LogP) is 2.64. The van der Waals surface area contributed by atoms with Gasteiger partial charge in [-0.15, -0.1) is 0 Å². The standard InChI is InChI=1S/C23H28ClN3O4S/c24-20-4-6-21(7-5-20)25-11-13-26(14-12-25)23(28)10-3-19-1-8-22(9-2-19)32(29,30)27-15-17-31-18-16-27/h1-2,4-9H,3,10-18H2. The Balaban J connectivity index is 1.26. The Hall–Kier alpha value is -2.13. The zero-order valence-electron chi connectivity index (χ0n) is 18.0. The summed E-state index contributed by atoms with van der Waals surface area (Å²) in [6, 6.07) is 14.6. The molecule has 172 valence electrons. The molecule has 1 amide bonds. The molecule has 2 aromatic carbocycles. The number of sulfonamides is 1. The number of anilines is 1. The third kappa shape index (κ3) is 5.43. The zero-order valence-corrected chi connectivity index (χ0v) is 19.5. The highest BCUT2D eigenvalue weighted by Gasteiger charge is 2.26. The predicted molar refractivity (Wildman–Crippen MR) is 125 cm³/mol. The second-order valence-corrected chi connectivity index (χ2v) is 10.4. The number of ether oxygens (including phenoxy) is 1. The first-order valence-electron chi connectivity index (χ1n) is 10.9. The molecule has 0 aliphatic carbocycles. The van der Waals surface area contributed by atoms with Crippen molar-refractivity contribution in [3.63, 3.8) is 0 Å². The molecule has 2 fully saturated rings. The molecule has 0 unspecified atom stereocenters. The molecule has 2 aliphatic heterocycles. The van der Waals surface area contributed by atoms with E-state index in [1.54, 1.807) is 24.3 Å². The van der Waals surface area contributed by atoms with Crippen molar-refractivity contribution in [1.29, 1.82) is 0 Å². The number of benzene rings is 2. The van der Waals surface area contributed by atoms with Crippen molar-refractivity contribution in [1.82, 2.24) is 9.21 Å². The molecule has 0 N–H and O–H groups in total. The Morgan fingerprint density at radius 1 is 0.875 bits per heavy atom. The van der Waals surface area contributed by atoms with E-state index in [1.165, 1.54) is 4.31 Å². The summed E-state index contributed by atoms with van der Waals surface area (Å²) >= 11 is 5.96. The highest BCUT2D eigenvalue weighted by atomic mass is 35.5. The second kappa shape index (κ2) is 10.2. The van der Waals surface area contributed by atoms with Crippen LogP contribution in [-0.4, -0.2) is 76.0 Å². The molecular formula is C23H28ClN3O4S. The van der Waals surface area contributed by atoms with Gasteiger partial charge in [0.2, 0.25) is 15.9 Å². The van der Waals surface area contributed by atoms with Gasteiger partial charge >= 0.3 is 0 Å². The Bertz CT molecular complexity index is 1010.